The Morgan fingerprint density at radius 2 is 2.32 bits per heavy atom. The lowest BCUT2D eigenvalue weighted by Crippen LogP contribution is -2.45. The van der Waals surface area contributed by atoms with Crippen LogP contribution in [0, 0.1) is 6.92 Å². The molecule has 0 aromatic carbocycles. The summed E-state index contributed by atoms with van der Waals surface area (Å²) in [4.78, 5) is 11.9. The summed E-state index contributed by atoms with van der Waals surface area (Å²) in [6.07, 6.45) is 6.32. The maximum atomic E-state index is 11.9. The molecule has 0 aliphatic carbocycles. The molecule has 1 amide bonds. The molecule has 0 fully saturated rings. The number of nitrogens with one attached hydrogen (secondary N) is 1. The molecule has 0 bridgehead atoms. The van der Waals surface area contributed by atoms with Gasteiger partial charge in [-0.3, -0.25) is 9.48 Å². The van der Waals surface area contributed by atoms with E-state index in [9.17, 15) is 4.79 Å². The van der Waals surface area contributed by atoms with E-state index in [-0.39, 0.29) is 18.1 Å². The third-order valence-electron chi connectivity index (χ3n) is 3.56. The van der Waals surface area contributed by atoms with Gasteiger partial charge in [0.15, 0.2) is 0 Å². The van der Waals surface area contributed by atoms with Crippen molar-refractivity contribution in [2.24, 2.45) is 7.05 Å². The summed E-state index contributed by atoms with van der Waals surface area (Å²) in [6, 6.07) is 0. The number of hydrogen-bond donors (Lipinski definition) is 2. The number of aryl methyl sites for hydroxylation is 1. The second kappa shape index (κ2) is 6.52. The van der Waals surface area contributed by atoms with Crippen molar-refractivity contribution in [1.29, 1.82) is 0 Å². The van der Waals surface area contributed by atoms with Crippen LogP contribution in [0.2, 0.25) is 0 Å². The number of hydrogen-bond acceptors (Lipinski definition) is 3. The SMILES string of the molecule is CCC(C)(CCO)NC(=O)/C=C/c1cnn(C)c1C. The molecule has 0 saturated heterocycles. The van der Waals surface area contributed by atoms with Gasteiger partial charge in [0.1, 0.15) is 0 Å². The Hall–Kier alpha value is -1.62. The highest BCUT2D eigenvalue weighted by molar-refractivity contribution is 5.92. The fraction of sp³-hybridized carbons (Fsp3) is 0.571. The molecule has 1 atom stereocenters. The van der Waals surface area contributed by atoms with E-state index >= 15 is 0 Å². The van der Waals surface area contributed by atoms with Crippen LogP contribution in [-0.2, 0) is 11.8 Å². The number of aromatic nitrogens is 2. The van der Waals surface area contributed by atoms with E-state index in [2.05, 4.69) is 10.4 Å². The number of aliphatic hydroxyl groups excluding tert-OH is 1. The average Bonchev–Trinajstić information content (AvgIpc) is 2.68. The quantitative estimate of drug-likeness (QED) is 0.764. The normalized spacial score (nSPS) is 14.6. The van der Waals surface area contributed by atoms with Gasteiger partial charge in [-0.15, -0.1) is 0 Å². The second-order valence-electron chi connectivity index (χ2n) is 5.02. The summed E-state index contributed by atoms with van der Waals surface area (Å²) >= 11 is 0. The van der Waals surface area contributed by atoms with Crippen molar-refractivity contribution in [1.82, 2.24) is 15.1 Å². The third kappa shape index (κ3) is 4.21. The summed E-state index contributed by atoms with van der Waals surface area (Å²) in [7, 11) is 1.86. The zero-order valence-electron chi connectivity index (χ0n) is 12.1. The monoisotopic (exact) mass is 265 g/mol. The van der Waals surface area contributed by atoms with Crippen molar-refractivity contribution >= 4 is 12.0 Å². The predicted octanol–water partition coefficient (Wildman–Crippen LogP) is 1.41. The molecule has 0 radical (unpaired) electrons. The summed E-state index contributed by atoms with van der Waals surface area (Å²) in [5.41, 5.74) is 1.58. The summed E-state index contributed by atoms with van der Waals surface area (Å²) < 4.78 is 1.76. The maximum Gasteiger partial charge on any atom is 0.244 e. The predicted molar refractivity (Wildman–Crippen MR) is 75.5 cm³/mol. The fourth-order valence-electron chi connectivity index (χ4n) is 1.76. The van der Waals surface area contributed by atoms with Gasteiger partial charge < -0.3 is 10.4 Å². The van der Waals surface area contributed by atoms with Gasteiger partial charge in [0.05, 0.1) is 6.20 Å². The highest BCUT2D eigenvalue weighted by atomic mass is 16.3. The molecule has 1 rings (SSSR count). The minimum absolute atomic E-state index is 0.0655. The number of carbonyl (C=O) groups excluding carboxylic acids is 1. The molecule has 19 heavy (non-hydrogen) atoms. The van der Waals surface area contributed by atoms with Gasteiger partial charge >= 0.3 is 0 Å². The Kier molecular flexibility index (Phi) is 5.30. The van der Waals surface area contributed by atoms with Crippen LogP contribution in [0.4, 0.5) is 0 Å². The standard InChI is InChI=1S/C14H23N3O2/c1-5-14(3,8-9-18)16-13(19)7-6-12-10-15-17(4)11(12)2/h6-7,10,18H,5,8-9H2,1-4H3,(H,16,19)/b7-6+. The van der Waals surface area contributed by atoms with Crippen molar-refractivity contribution in [2.75, 3.05) is 6.61 Å². The Labute approximate surface area is 114 Å². The number of carbonyl (C=O) groups is 1. The fourth-order valence-corrected chi connectivity index (χ4v) is 1.76. The van der Waals surface area contributed by atoms with E-state index in [1.165, 1.54) is 6.08 Å². The minimum atomic E-state index is -0.361. The van der Waals surface area contributed by atoms with Gasteiger partial charge in [0.2, 0.25) is 5.91 Å². The van der Waals surface area contributed by atoms with Crippen LogP contribution < -0.4 is 5.32 Å². The van der Waals surface area contributed by atoms with Crippen molar-refractivity contribution in [3.05, 3.63) is 23.5 Å². The topological polar surface area (TPSA) is 67.2 Å². The lowest BCUT2D eigenvalue weighted by molar-refractivity contribution is -0.118. The van der Waals surface area contributed by atoms with Crippen LogP contribution in [-0.4, -0.2) is 32.9 Å². The van der Waals surface area contributed by atoms with Gasteiger partial charge in [-0.1, -0.05) is 6.92 Å². The zero-order chi connectivity index (χ0) is 14.5. The van der Waals surface area contributed by atoms with E-state index < -0.39 is 0 Å². The number of amides is 1. The molecule has 1 heterocycles. The van der Waals surface area contributed by atoms with E-state index in [1.807, 2.05) is 27.8 Å². The van der Waals surface area contributed by atoms with Gasteiger partial charge in [0.25, 0.3) is 0 Å². The molecule has 5 heteroatoms. The van der Waals surface area contributed by atoms with Crippen LogP contribution in [0.15, 0.2) is 12.3 Å². The smallest absolute Gasteiger partial charge is 0.244 e. The second-order valence-corrected chi connectivity index (χ2v) is 5.02. The molecule has 2 N–H and O–H groups in total. The lowest BCUT2D eigenvalue weighted by Gasteiger charge is -2.28. The first-order valence-electron chi connectivity index (χ1n) is 6.51. The largest absolute Gasteiger partial charge is 0.396 e. The average molecular weight is 265 g/mol. The van der Waals surface area contributed by atoms with Crippen molar-refractivity contribution in [3.8, 4) is 0 Å². The molecule has 5 nitrogen and oxygen atoms in total. The molecule has 106 valence electrons. The molecule has 0 spiro atoms. The first-order chi connectivity index (χ1) is 8.91. The van der Waals surface area contributed by atoms with Gasteiger partial charge in [0, 0.05) is 36.5 Å². The van der Waals surface area contributed by atoms with Crippen LogP contribution in [0.1, 0.15) is 37.9 Å². The van der Waals surface area contributed by atoms with E-state index in [0.29, 0.717) is 6.42 Å². The molecule has 1 unspecified atom stereocenters. The first kappa shape index (κ1) is 15.4. The molecule has 1 aromatic heterocycles. The van der Waals surface area contributed by atoms with Crippen molar-refractivity contribution < 1.29 is 9.90 Å². The highest BCUT2D eigenvalue weighted by Crippen LogP contribution is 2.14. The van der Waals surface area contributed by atoms with Gasteiger partial charge in [-0.05, 0) is 32.8 Å². The van der Waals surface area contributed by atoms with E-state index in [4.69, 9.17) is 5.11 Å². The van der Waals surface area contributed by atoms with Gasteiger partial charge in [-0.25, -0.2) is 0 Å². The Morgan fingerprint density at radius 1 is 1.63 bits per heavy atom. The third-order valence-corrected chi connectivity index (χ3v) is 3.56. The zero-order valence-corrected chi connectivity index (χ0v) is 12.1. The van der Waals surface area contributed by atoms with Crippen molar-refractivity contribution in [2.45, 2.75) is 39.2 Å². The van der Waals surface area contributed by atoms with Crippen molar-refractivity contribution in [3.63, 3.8) is 0 Å². The van der Waals surface area contributed by atoms with Crippen LogP contribution in [0.3, 0.4) is 0 Å². The molecule has 0 saturated carbocycles. The molecule has 0 aliphatic rings. The maximum absolute atomic E-state index is 11.9. The summed E-state index contributed by atoms with van der Waals surface area (Å²) in [5.74, 6) is -0.152. The van der Waals surface area contributed by atoms with Crippen LogP contribution in [0.25, 0.3) is 6.08 Å². The van der Waals surface area contributed by atoms with E-state index in [1.54, 1.807) is 17.0 Å². The summed E-state index contributed by atoms with van der Waals surface area (Å²) in [6.45, 7) is 5.94. The highest BCUT2D eigenvalue weighted by Gasteiger charge is 2.22. The Morgan fingerprint density at radius 3 is 2.79 bits per heavy atom. The Balaban J connectivity index is 2.67. The number of aliphatic hydroxyl groups is 1. The first-order valence-corrected chi connectivity index (χ1v) is 6.51. The van der Waals surface area contributed by atoms with Crippen LogP contribution in [0.5, 0.6) is 0 Å². The lowest BCUT2D eigenvalue weighted by atomic mass is 9.95. The minimum Gasteiger partial charge on any atom is -0.396 e. The number of rotatable bonds is 6. The Bertz CT molecular complexity index is 465. The molecular weight excluding hydrogens is 242 g/mol. The van der Waals surface area contributed by atoms with Crippen LogP contribution >= 0.6 is 0 Å². The molecule has 0 aliphatic heterocycles. The number of nitrogens with zero attached hydrogens (tertiary/aromatic N) is 2. The van der Waals surface area contributed by atoms with Gasteiger partial charge in [-0.2, -0.15) is 5.10 Å². The van der Waals surface area contributed by atoms with E-state index in [0.717, 1.165) is 17.7 Å². The summed E-state index contributed by atoms with van der Waals surface area (Å²) in [5, 5.41) is 16.1. The molecular formula is C14H23N3O2. The molecule has 1 aromatic rings.